The predicted octanol–water partition coefficient (Wildman–Crippen LogP) is 1.42. The van der Waals surface area contributed by atoms with Crippen LogP contribution in [0.3, 0.4) is 0 Å². The van der Waals surface area contributed by atoms with Crippen molar-refractivity contribution in [2.75, 3.05) is 18.6 Å². The third-order valence-electron chi connectivity index (χ3n) is 3.16. The van der Waals surface area contributed by atoms with Gasteiger partial charge < -0.3 is 21.2 Å². The fourth-order valence-corrected chi connectivity index (χ4v) is 2.06. The first-order valence-corrected chi connectivity index (χ1v) is 6.72. The average Bonchev–Trinajstić information content (AvgIpc) is 2.96. The van der Waals surface area contributed by atoms with E-state index in [2.05, 4.69) is 19.9 Å². The molecule has 2 heterocycles. The van der Waals surface area contributed by atoms with E-state index >= 15 is 0 Å². The van der Waals surface area contributed by atoms with Crippen LogP contribution in [0.15, 0.2) is 30.3 Å². The van der Waals surface area contributed by atoms with Gasteiger partial charge in [0.25, 0.3) is 0 Å². The third kappa shape index (κ3) is 2.95. The van der Waals surface area contributed by atoms with E-state index in [1.165, 1.54) is 6.08 Å². The number of nitrogens with one attached hydrogen (secondary N) is 1. The van der Waals surface area contributed by atoms with E-state index in [-0.39, 0.29) is 17.5 Å². The Labute approximate surface area is 131 Å². The lowest BCUT2D eigenvalue weighted by Gasteiger charge is -2.00. The molecule has 116 valence electrons. The van der Waals surface area contributed by atoms with Crippen LogP contribution in [0.4, 0.5) is 11.8 Å². The highest BCUT2D eigenvalue weighted by Gasteiger charge is 2.09. The minimum atomic E-state index is -0.178. The van der Waals surface area contributed by atoms with Crippen LogP contribution < -0.4 is 16.2 Å². The van der Waals surface area contributed by atoms with Crippen LogP contribution >= 0.6 is 0 Å². The summed E-state index contributed by atoms with van der Waals surface area (Å²) in [5, 5.41) is 0. The van der Waals surface area contributed by atoms with Crippen LogP contribution in [-0.4, -0.2) is 32.8 Å². The number of methoxy groups -OCH3 is 1. The number of anilines is 2. The Morgan fingerprint density at radius 3 is 2.87 bits per heavy atom. The standard InChI is InChI=1S/C15H14N6O2/c1-23-9-4-2-3-8(7-9)10(22)5-6-11-18-12-13(16)20-15(17)21-14(12)19-11/h2-7H,1H3,(H5,16,17,18,19,20,21)/b6-5+. The van der Waals surface area contributed by atoms with E-state index in [0.29, 0.717) is 28.3 Å². The van der Waals surface area contributed by atoms with Crippen LogP contribution in [0.1, 0.15) is 16.2 Å². The summed E-state index contributed by atoms with van der Waals surface area (Å²) >= 11 is 0. The molecule has 2 aromatic heterocycles. The van der Waals surface area contributed by atoms with Gasteiger partial charge in [0.15, 0.2) is 17.2 Å². The Morgan fingerprint density at radius 2 is 2.09 bits per heavy atom. The second-order valence-electron chi connectivity index (χ2n) is 4.72. The second-order valence-corrected chi connectivity index (χ2v) is 4.72. The highest BCUT2D eigenvalue weighted by molar-refractivity contribution is 6.07. The monoisotopic (exact) mass is 310 g/mol. The molecule has 0 unspecified atom stereocenters. The summed E-state index contributed by atoms with van der Waals surface area (Å²) in [6, 6.07) is 6.89. The molecule has 0 atom stereocenters. The van der Waals surface area contributed by atoms with Gasteiger partial charge >= 0.3 is 0 Å². The van der Waals surface area contributed by atoms with Crippen molar-refractivity contribution in [2.45, 2.75) is 0 Å². The molecule has 23 heavy (non-hydrogen) atoms. The van der Waals surface area contributed by atoms with Crippen LogP contribution in [0.2, 0.25) is 0 Å². The Kier molecular flexibility index (Phi) is 3.63. The van der Waals surface area contributed by atoms with Gasteiger partial charge in [-0.2, -0.15) is 9.97 Å². The van der Waals surface area contributed by atoms with Crippen molar-refractivity contribution in [2.24, 2.45) is 0 Å². The van der Waals surface area contributed by atoms with E-state index in [0.717, 1.165) is 0 Å². The molecule has 1 aromatic carbocycles. The first kappa shape index (κ1) is 14.5. The molecule has 0 aliphatic rings. The van der Waals surface area contributed by atoms with Crippen molar-refractivity contribution in [1.29, 1.82) is 0 Å². The van der Waals surface area contributed by atoms with Gasteiger partial charge in [-0.15, -0.1) is 0 Å². The number of ether oxygens (including phenoxy) is 1. The quantitative estimate of drug-likeness (QED) is 0.490. The summed E-state index contributed by atoms with van der Waals surface area (Å²) in [4.78, 5) is 27.1. The summed E-state index contributed by atoms with van der Waals surface area (Å²) in [6.45, 7) is 0. The number of carbonyl (C=O) groups excluding carboxylic acids is 1. The van der Waals surface area contributed by atoms with Gasteiger partial charge in [0.1, 0.15) is 17.1 Å². The molecule has 3 aromatic rings. The molecular weight excluding hydrogens is 296 g/mol. The van der Waals surface area contributed by atoms with Gasteiger partial charge in [-0.1, -0.05) is 12.1 Å². The first-order valence-electron chi connectivity index (χ1n) is 6.72. The molecule has 0 aliphatic carbocycles. The van der Waals surface area contributed by atoms with Crippen molar-refractivity contribution >= 4 is 34.8 Å². The topological polar surface area (TPSA) is 133 Å². The molecule has 8 heteroatoms. The SMILES string of the molecule is COc1cccc(C(=O)/C=C/c2nc3nc(N)nc(N)c3[nH]2)c1. The number of aromatic nitrogens is 4. The number of nitrogens with zero attached hydrogens (tertiary/aromatic N) is 3. The number of imidazole rings is 1. The summed E-state index contributed by atoms with van der Waals surface area (Å²) in [5.41, 5.74) is 12.6. The summed E-state index contributed by atoms with van der Waals surface area (Å²) < 4.78 is 5.10. The maximum absolute atomic E-state index is 12.2. The highest BCUT2D eigenvalue weighted by atomic mass is 16.5. The lowest BCUT2D eigenvalue weighted by Crippen LogP contribution is -1.99. The first-order chi connectivity index (χ1) is 11.1. The zero-order chi connectivity index (χ0) is 16.4. The molecule has 0 saturated carbocycles. The summed E-state index contributed by atoms with van der Waals surface area (Å²) in [7, 11) is 1.55. The molecule has 8 nitrogen and oxygen atoms in total. The van der Waals surface area contributed by atoms with Crippen molar-refractivity contribution in [3.8, 4) is 5.75 Å². The number of aromatic amines is 1. The number of hydrogen-bond acceptors (Lipinski definition) is 7. The number of rotatable bonds is 4. The largest absolute Gasteiger partial charge is 0.497 e. The lowest BCUT2D eigenvalue weighted by atomic mass is 10.1. The number of benzene rings is 1. The molecule has 0 amide bonds. The van der Waals surface area contributed by atoms with Crippen molar-refractivity contribution < 1.29 is 9.53 Å². The number of hydrogen-bond donors (Lipinski definition) is 3. The van der Waals surface area contributed by atoms with Gasteiger partial charge in [-0.25, -0.2) is 4.98 Å². The molecule has 0 aliphatic heterocycles. The van der Waals surface area contributed by atoms with E-state index in [9.17, 15) is 4.79 Å². The Morgan fingerprint density at radius 1 is 1.26 bits per heavy atom. The van der Waals surface area contributed by atoms with Crippen molar-refractivity contribution in [3.05, 3.63) is 41.7 Å². The van der Waals surface area contributed by atoms with E-state index < -0.39 is 0 Å². The van der Waals surface area contributed by atoms with Gasteiger partial charge in [0.2, 0.25) is 5.95 Å². The zero-order valence-corrected chi connectivity index (χ0v) is 12.3. The number of nitrogen functional groups attached to an aromatic ring is 2. The van der Waals surface area contributed by atoms with Crippen LogP contribution in [0.25, 0.3) is 17.2 Å². The summed E-state index contributed by atoms with van der Waals surface area (Å²) in [6.07, 6.45) is 2.94. The average molecular weight is 310 g/mol. The van der Waals surface area contributed by atoms with Gasteiger partial charge in [0, 0.05) is 5.56 Å². The van der Waals surface area contributed by atoms with Gasteiger partial charge in [-0.3, -0.25) is 4.79 Å². The highest BCUT2D eigenvalue weighted by Crippen LogP contribution is 2.17. The zero-order valence-electron chi connectivity index (χ0n) is 12.3. The van der Waals surface area contributed by atoms with Crippen molar-refractivity contribution in [1.82, 2.24) is 19.9 Å². The van der Waals surface area contributed by atoms with E-state index in [1.54, 1.807) is 37.5 Å². The van der Waals surface area contributed by atoms with Gasteiger partial charge in [-0.05, 0) is 24.3 Å². The fraction of sp³-hybridized carbons (Fsp3) is 0.0667. The molecule has 5 N–H and O–H groups in total. The minimum Gasteiger partial charge on any atom is -0.497 e. The maximum atomic E-state index is 12.2. The predicted molar refractivity (Wildman–Crippen MR) is 86.9 cm³/mol. The number of H-pyrrole nitrogens is 1. The van der Waals surface area contributed by atoms with Crippen LogP contribution in [-0.2, 0) is 0 Å². The Hall–Kier alpha value is -3.42. The number of carbonyl (C=O) groups is 1. The number of ketones is 1. The van der Waals surface area contributed by atoms with Crippen molar-refractivity contribution in [3.63, 3.8) is 0 Å². The minimum absolute atomic E-state index is 0.0458. The number of allylic oxidation sites excluding steroid dienone is 1. The van der Waals surface area contributed by atoms with E-state index in [4.69, 9.17) is 16.2 Å². The number of fused-ring (bicyclic) bond motifs is 1. The fourth-order valence-electron chi connectivity index (χ4n) is 2.06. The van der Waals surface area contributed by atoms with Crippen LogP contribution in [0.5, 0.6) is 5.75 Å². The molecular formula is C15H14N6O2. The van der Waals surface area contributed by atoms with E-state index in [1.807, 2.05) is 0 Å². The van der Waals surface area contributed by atoms with Crippen LogP contribution in [0, 0.1) is 0 Å². The molecule has 0 bridgehead atoms. The Balaban J connectivity index is 1.87. The number of nitrogens with two attached hydrogens (primary N) is 2. The lowest BCUT2D eigenvalue weighted by molar-refractivity contribution is 0.104. The normalized spacial score (nSPS) is 11.2. The van der Waals surface area contributed by atoms with Gasteiger partial charge in [0.05, 0.1) is 7.11 Å². The molecule has 0 fully saturated rings. The maximum Gasteiger partial charge on any atom is 0.224 e. The molecule has 3 rings (SSSR count). The Bertz CT molecular complexity index is 915. The molecule has 0 spiro atoms. The second kappa shape index (κ2) is 5.76. The molecule has 0 radical (unpaired) electrons. The third-order valence-corrected chi connectivity index (χ3v) is 3.16. The smallest absolute Gasteiger partial charge is 0.224 e. The summed E-state index contributed by atoms with van der Waals surface area (Å²) in [5.74, 6) is 1.13. The molecule has 0 saturated heterocycles.